The van der Waals surface area contributed by atoms with Crippen LogP contribution in [-0.2, 0) is 43.8 Å². The molecule has 0 aromatic heterocycles. The minimum Gasteiger partial charge on any atom is -0.507 e. The van der Waals surface area contributed by atoms with Crippen LogP contribution >= 0.6 is 35.0 Å². The number of nitrogens with one attached hydrogen (secondary N) is 1. The van der Waals surface area contributed by atoms with Crippen molar-refractivity contribution in [3.8, 4) is 11.5 Å². The zero-order valence-corrected chi connectivity index (χ0v) is 48.8. The van der Waals surface area contributed by atoms with Gasteiger partial charge in [-0.3, -0.25) is 0 Å². The summed E-state index contributed by atoms with van der Waals surface area (Å²) in [5.74, 6) is 0.506. The summed E-state index contributed by atoms with van der Waals surface area (Å²) < 4.78 is 35.3. The van der Waals surface area contributed by atoms with E-state index in [2.05, 4.69) is 128 Å². The lowest BCUT2D eigenvalue weighted by Crippen LogP contribution is -2.29. The molecule has 74 heavy (non-hydrogen) atoms. The van der Waals surface area contributed by atoms with Crippen molar-refractivity contribution in [3.05, 3.63) is 231 Å². The van der Waals surface area contributed by atoms with E-state index in [4.69, 9.17) is 0 Å². The van der Waals surface area contributed by atoms with Crippen LogP contribution in [-0.4, -0.2) is 14.2 Å². The molecule has 0 aliphatic heterocycles. The van der Waals surface area contributed by atoms with Crippen LogP contribution in [0.4, 0.5) is 5.69 Å². The number of hydrogen-bond acceptors (Lipinski definition) is 5. The maximum absolute atomic E-state index is 16.4. The molecular formula is C66H72INO4P2. The van der Waals surface area contributed by atoms with Gasteiger partial charge in [-0.05, 0) is 90.7 Å². The molecule has 0 saturated heterocycles. The standard InChI is InChI=1S/C66H72INO4P2/c1-63(2,3)49-39-47(44-67-57-34-24-25-35-59(57)73(71,51-26-16-12-17-27-51)52-28-18-13-19-29-52)61(69)56(42-49)66(10,11)43-46-36-37-58(68-45-48-40-50(64(4,5)6)41-55(62(48)70)65(7,8)9)60(38-46)74(72,53-30-20-14-21-31-53)54-32-22-15-23-33-54/h12-42,44,68-70H,43,45H2,1-11H3. The SMILES string of the molecule is CC(C)(C)c1cc(CNc2ccc(CC(C)(C)c3cc(C(C)(C)C)cc(C=Ic4ccccc4P(=O)(c4ccccc4)c4ccccc4)c3O)cc2P(=O)(c2ccccc2)c2ccccc2)c(O)c(C(C)(C)C)c1. The molecular weight excluding hydrogens is 1060 g/mol. The number of phenols is 2. The van der Waals surface area contributed by atoms with Crippen molar-refractivity contribution in [1.82, 2.24) is 0 Å². The van der Waals surface area contributed by atoms with Crippen molar-refractivity contribution in [2.24, 2.45) is 0 Å². The van der Waals surface area contributed by atoms with E-state index in [-0.39, 0.29) is 27.7 Å². The summed E-state index contributed by atoms with van der Waals surface area (Å²) in [6.45, 7) is 24.2. The fraction of sp³-hybridized carbons (Fsp3) is 0.258. The molecule has 8 heteroatoms. The first-order valence-electron chi connectivity index (χ1n) is 25.5. The van der Waals surface area contributed by atoms with E-state index in [1.165, 1.54) is 0 Å². The van der Waals surface area contributed by atoms with Crippen molar-refractivity contribution in [1.29, 1.82) is 0 Å². The third-order valence-electron chi connectivity index (χ3n) is 14.1. The fourth-order valence-corrected chi connectivity index (χ4v) is 18.7. The molecule has 8 aromatic carbocycles. The maximum Gasteiger partial charge on any atom is 0.173 e. The summed E-state index contributed by atoms with van der Waals surface area (Å²) in [5.41, 5.74) is 5.93. The van der Waals surface area contributed by atoms with E-state index < -0.39 is 40.4 Å². The average Bonchev–Trinajstić information content (AvgIpc) is 3.37. The molecule has 0 heterocycles. The molecule has 0 amide bonds. The second-order valence-corrected chi connectivity index (χ2v) is 31.1. The van der Waals surface area contributed by atoms with Gasteiger partial charge in [-0.15, -0.1) is 0 Å². The predicted octanol–water partition coefficient (Wildman–Crippen LogP) is 14.4. The summed E-state index contributed by atoms with van der Waals surface area (Å²) in [7, 11) is -6.77. The summed E-state index contributed by atoms with van der Waals surface area (Å²) in [5, 5.41) is 32.7. The topological polar surface area (TPSA) is 86.6 Å². The van der Waals surface area contributed by atoms with Crippen molar-refractivity contribution in [2.45, 2.75) is 111 Å². The lowest BCUT2D eigenvalue weighted by atomic mass is 9.75. The van der Waals surface area contributed by atoms with Gasteiger partial charge in [0.05, 0.1) is 0 Å². The van der Waals surface area contributed by atoms with Gasteiger partial charge in [-0.1, -0.05) is 249 Å². The maximum atomic E-state index is 16.4. The van der Waals surface area contributed by atoms with Gasteiger partial charge in [0.2, 0.25) is 0 Å². The Kier molecular flexibility index (Phi) is 15.8. The number of benzene rings is 8. The molecule has 0 fully saturated rings. The normalized spacial score (nSPS) is 12.9. The van der Waals surface area contributed by atoms with Crippen LogP contribution in [0.3, 0.4) is 0 Å². The average molecular weight is 1130 g/mol. The lowest BCUT2D eigenvalue weighted by molar-refractivity contribution is 0.430. The third kappa shape index (κ3) is 11.4. The van der Waals surface area contributed by atoms with Gasteiger partial charge >= 0.3 is 0 Å². The molecule has 0 unspecified atom stereocenters. The van der Waals surface area contributed by atoms with Gasteiger partial charge in [0.15, 0.2) is 14.3 Å². The number of hydrogen-bond donors (Lipinski definition) is 3. The Hall–Kier alpha value is -5.78. The molecule has 3 N–H and O–H groups in total. The highest BCUT2D eigenvalue weighted by Crippen LogP contribution is 2.48. The molecule has 0 aliphatic rings. The predicted molar refractivity (Wildman–Crippen MR) is 326 cm³/mol. The van der Waals surface area contributed by atoms with Gasteiger partial charge in [0.1, 0.15) is 11.5 Å². The first kappa shape index (κ1) is 54.5. The zero-order chi connectivity index (χ0) is 53.3. The molecule has 0 saturated carbocycles. The summed E-state index contributed by atoms with van der Waals surface area (Å²) in [4.78, 5) is 0. The van der Waals surface area contributed by atoms with Crippen molar-refractivity contribution < 1.29 is 19.3 Å². The highest BCUT2D eigenvalue weighted by Gasteiger charge is 2.36. The van der Waals surface area contributed by atoms with E-state index in [9.17, 15) is 10.2 Å². The minimum atomic E-state index is -3.52. The van der Waals surface area contributed by atoms with Crippen LogP contribution in [0.2, 0.25) is 0 Å². The van der Waals surface area contributed by atoms with Gasteiger partial charge in [-0.25, -0.2) is 0 Å². The van der Waals surface area contributed by atoms with Crippen LogP contribution in [0, 0.1) is 3.57 Å². The first-order valence-corrected chi connectivity index (χ1v) is 31.3. The molecule has 8 aromatic rings. The van der Waals surface area contributed by atoms with E-state index >= 15 is 9.13 Å². The number of halogens is 1. The molecule has 0 spiro atoms. The Balaban J connectivity index is 1.23. The quantitative estimate of drug-likeness (QED) is 0.0746. The molecule has 0 radical (unpaired) electrons. The number of anilines is 1. The molecule has 382 valence electrons. The first-order chi connectivity index (χ1) is 34.9. The van der Waals surface area contributed by atoms with Crippen LogP contribution in [0.5, 0.6) is 11.5 Å². The Bertz CT molecular complexity index is 3320. The fourth-order valence-electron chi connectivity index (χ4n) is 9.74. The van der Waals surface area contributed by atoms with Gasteiger partial charge in [0, 0.05) is 64.3 Å². The van der Waals surface area contributed by atoms with Gasteiger partial charge < -0.3 is 24.7 Å². The Morgan fingerprint density at radius 3 is 1.41 bits per heavy atom. The van der Waals surface area contributed by atoms with Gasteiger partial charge in [0.25, 0.3) is 0 Å². The van der Waals surface area contributed by atoms with E-state index in [0.29, 0.717) is 18.3 Å². The lowest BCUT2D eigenvalue weighted by Gasteiger charge is -2.31. The van der Waals surface area contributed by atoms with Crippen molar-refractivity contribution >= 4 is 76.5 Å². The third-order valence-corrected chi connectivity index (χ3v) is 23.3. The smallest absolute Gasteiger partial charge is 0.173 e. The second-order valence-electron chi connectivity index (χ2n) is 23.2. The zero-order valence-electron chi connectivity index (χ0n) is 44.9. The minimum absolute atomic E-state index is 0.151. The molecule has 0 bridgehead atoms. The van der Waals surface area contributed by atoms with Crippen LogP contribution in [0.1, 0.15) is 115 Å². The Morgan fingerprint density at radius 1 is 0.473 bits per heavy atom. The van der Waals surface area contributed by atoms with Crippen molar-refractivity contribution in [2.75, 3.05) is 5.32 Å². The summed E-state index contributed by atoms with van der Waals surface area (Å²) in [6, 6.07) is 62.0. The molecule has 5 nitrogen and oxygen atoms in total. The van der Waals surface area contributed by atoms with Crippen LogP contribution < -0.4 is 37.1 Å². The van der Waals surface area contributed by atoms with Crippen LogP contribution in [0.15, 0.2) is 188 Å². The second kappa shape index (κ2) is 21.5. The van der Waals surface area contributed by atoms with E-state index in [1.807, 2.05) is 146 Å². The largest absolute Gasteiger partial charge is 0.507 e. The van der Waals surface area contributed by atoms with Gasteiger partial charge in [-0.2, -0.15) is 0 Å². The Labute approximate surface area is 451 Å². The summed E-state index contributed by atoms with van der Waals surface area (Å²) >= 11 is -0.905. The molecule has 0 atom stereocenters. The molecule has 8 rings (SSSR count). The molecule has 0 aliphatic carbocycles. The Morgan fingerprint density at radius 2 is 0.919 bits per heavy atom. The van der Waals surface area contributed by atoms with Crippen molar-refractivity contribution in [3.63, 3.8) is 0 Å². The summed E-state index contributed by atoms with van der Waals surface area (Å²) in [6.07, 6.45) is 0.531. The van der Waals surface area contributed by atoms with Crippen LogP contribution in [0.25, 0.3) is 0 Å². The number of phenolic OH excluding ortho intramolecular Hbond substituents is 2. The monoisotopic (exact) mass is 1130 g/mol. The highest BCUT2D eigenvalue weighted by molar-refractivity contribution is 14.2. The van der Waals surface area contributed by atoms with E-state index in [0.717, 1.165) is 74.7 Å². The van der Waals surface area contributed by atoms with E-state index in [1.54, 1.807) is 0 Å². The number of aromatic hydroxyl groups is 2. The number of rotatable bonds is 14. The highest BCUT2D eigenvalue weighted by atomic mass is 127.